The van der Waals surface area contributed by atoms with Crippen molar-refractivity contribution in [2.24, 2.45) is 35.0 Å². The van der Waals surface area contributed by atoms with Crippen molar-refractivity contribution in [3.05, 3.63) is 0 Å². The van der Waals surface area contributed by atoms with E-state index in [9.17, 15) is 35.7 Å². The van der Waals surface area contributed by atoms with Gasteiger partial charge < -0.3 is 50.0 Å². The second kappa shape index (κ2) is 11.9. The predicted molar refractivity (Wildman–Crippen MR) is 144 cm³/mol. The average molecular weight is 573 g/mol. The van der Waals surface area contributed by atoms with Crippen LogP contribution in [-0.4, -0.2) is 110 Å². The van der Waals surface area contributed by atoms with Crippen molar-refractivity contribution in [3.63, 3.8) is 0 Å². The number of hydrogen-bond acceptors (Lipinski definition) is 10. The summed E-state index contributed by atoms with van der Waals surface area (Å²) in [6.07, 6.45) is -2.70. The molecule has 232 valence electrons. The molecule has 2 heterocycles. The Morgan fingerprint density at radius 2 is 1.45 bits per heavy atom. The van der Waals surface area contributed by atoms with E-state index in [0.29, 0.717) is 11.8 Å². The molecule has 2 saturated heterocycles. The van der Waals surface area contributed by atoms with Crippen LogP contribution in [0.15, 0.2) is 0 Å². The molecule has 12 unspecified atom stereocenters. The lowest BCUT2D eigenvalue weighted by atomic mass is 9.55. The Kier molecular flexibility index (Phi) is 9.27. The van der Waals surface area contributed by atoms with Crippen LogP contribution in [0.3, 0.4) is 0 Å². The number of ether oxygens (including phenoxy) is 3. The number of hydrogen-bond donors (Lipinski definition) is 7. The molecule has 0 aromatic carbocycles. The first kappa shape index (κ1) is 31.0. The summed E-state index contributed by atoms with van der Waals surface area (Å²) in [6.45, 7) is 5.87. The molecule has 3 saturated carbocycles. The van der Waals surface area contributed by atoms with Crippen LogP contribution in [0, 0.1) is 35.0 Å². The maximum atomic E-state index is 11.2. The minimum absolute atomic E-state index is 0.0504. The van der Waals surface area contributed by atoms with E-state index in [0.717, 1.165) is 37.5 Å². The molecule has 0 aromatic rings. The number of rotatable bonds is 7. The highest BCUT2D eigenvalue weighted by Crippen LogP contribution is 2.64. The van der Waals surface area contributed by atoms with Gasteiger partial charge in [-0.1, -0.05) is 33.6 Å². The molecule has 5 aliphatic rings. The SMILES string of the molecule is CCC1(OC2OC(CO)C(O)C(O)C2CC2OC(CO)C(O)C(O)C2O)C[C@H]2C3CCC[C@H](C)[C@H]3CC[C@]2(C)C1. The van der Waals surface area contributed by atoms with Crippen LogP contribution in [0.1, 0.15) is 78.6 Å². The summed E-state index contributed by atoms with van der Waals surface area (Å²) in [5.41, 5.74) is -0.362. The molecule has 0 spiro atoms. The largest absolute Gasteiger partial charge is 0.394 e. The van der Waals surface area contributed by atoms with Gasteiger partial charge in [-0.05, 0) is 74.0 Å². The highest BCUT2D eigenvalue weighted by atomic mass is 16.7. The van der Waals surface area contributed by atoms with E-state index in [1.165, 1.54) is 25.7 Å². The van der Waals surface area contributed by atoms with Crippen LogP contribution < -0.4 is 0 Å². The Balaban J connectivity index is 1.39. The van der Waals surface area contributed by atoms with Crippen LogP contribution in [0.2, 0.25) is 0 Å². The van der Waals surface area contributed by atoms with Gasteiger partial charge in [-0.3, -0.25) is 0 Å². The van der Waals surface area contributed by atoms with Crippen molar-refractivity contribution < 1.29 is 50.0 Å². The molecule has 0 amide bonds. The Labute approximate surface area is 237 Å². The van der Waals surface area contributed by atoms with Gasteiger partial charge in [-0.25, -0.2) is 0 Å². The van der Waals surface area contributed by atoms with Crippen molar-refractivity contribution in [1.29, 1.82) is 0 Å². The zero-order valence-electron chi connectivity index (χ0n) is 24.2. The highest BCUT2D eigenvalue weighted by Gasteiger charge is 2.60. The van der Waals surface area contributed by atoms with Crippen LogP contribution in [-0.2, 0) is 14.2 Å². The summed E-state index contributed by atoms with van der Waals surface area (Å²) in [5.74, 6) is 1.85. The van der Waals surface area contributed by atoms with Gasteiger partial charge in [0, 0.05) is 5.92 Å². The fourth-order valence-corrected chi connectivity index (χ4v) is 9.38. The topological polar surface area (TPSA) is 169 Å². The fourth-order valence-electron chi connectivity index (χ4n) is 9.38. The van der Waals surface area contributed by atoms with E-state index in [1.54, 1.807) is 0 Å². The first-order chi connectivity index (χ1) is 19.0. The van der Waals surface area contributed by atoms with Crippen LogP contribution in [0.4, 0.5) is 0 Å². The highest BCUT2D eigenvalue weighted by molar-refractivity contribution is 5.09. The second-order valence-corrected chi connectivity index (χ2v) is 14.0. The van der Waals surface area contributed by atoms with E-state index < -0.39 is 79.9 Å². The summed E-state index contributed by atoms with van der Waals surface area (Å²) in [4.78, 5) is 0. The summed E-state index contributed by atoms with van der Waals surface area (Å²) in [7, 11) is 0. The molecule has 2 aliphatic heterocycles. The third kappa shape index (κ3) is 5.40. The fraction of sp³-hybridized carbons (Fsp3) is 1.00. The summed E-state index contributed by atoms with van der Waals surface area (Å²) in [6, 6.07) is 0. The molecular weight excluding hydrogens is 520 g/mol. The molecule has 0 aromatic heterocycles. The Morgan fingerprint density at radius 1 is 0.800 bits per heavy atom. The van der Waals surface area contributed by atoms with Crippen molar-refractivity contribution in [1.82, 2.24) is 0 Å². The van der Waals surface area contributed by atoms with E-state index >= 15 is 0 Å². The summed E-state index contributed by atoms with van der Waals surface area (Å²) < 4.78 is 18.8. The zero-order chi connectivity index (χ0) is 29.0. The normalized spacial score (nSPS) is 55.0. The molecule has 0 radical (unpaired) electrons. The van der Waals surface area contributed by atoms with Gasteiger partial charge in [0.15, 0.2) is 6.29 Å². The Bertz CT molecular complexity index is 858. The average Bonchev–Trinajstić information content (AvgIpc) is 3.25. The standard InChI is InChI=1S/C30H52O10/c1-4-30(11-19-17-7-5-6-15(2)16(17)8-9-29(19,3)14-30)40-28-18(23(33)25(35)22(13-32)39-28)10-20-24(34)27(37)26(36)21(12-31)38-20/h15-28,31-37H,4-14H2,1-3H3/t15-,16+,17?,18?,19-,20?,21?,22?,23?,24?,25?,26?,27?,28?,29+,30?/m0/s1. The predicted octanol–water partition coefficient (Wildman–Crippen LogP) is 0.702. The van der Waals surface area contributed by atoms with Crippen LogP contribution in [0.5, 0.6) is 0 Å². The molecule has 7 N–H and O–H groups in total. The lowest BCUT2D eigenvalue weighted by Crippen LogP contribution is -2.62. The van der Waals surface area contributed by atoms with Crippen molar-refractivity contribution >= 4 is 0 Å². The first-order valence-corrected chi connectivity index (χ1v) is 15.6. The number of aliphatic hydroxyl groups is 7. The van der Waals surface area contributed by atoms with Crippen molar-refractivity contribution in [3.8, 4) is 0 Å². The molecule has 10 heteroatoms. The molecule has 10 nitrogen and oxygen atoms in total. The minimum atomic E-state index is -1.54. The molecule has 5 fully saturated rings. The quantitative estimate of drug-likeness (QED) is 0.231. The van der Waals surface area contributed by atoms with Gasteiger partial charge >= 0.3 is 0 Å². The van der Waals surface area contributed by atoms with Crippen molar-refractivity contribution in [2.75, 3.05) is 13.2 Å². The molecule has 16 atom stereocenters. The number of aliphatic hydroxyl groups excluding tert-OH is 7. The van der Waals surface area contributed by atoms with Gasteiger partial charge in [0.25, 0.3) is 0 Å². The number of fused-ring (bicyclic) bond motifs is 3. The molecule has 3 aliphatic carbocycles. The van der Waals surface area contributed by atoms with Gasteiger partial charge in [-0.15, -0.1) is 0 Å². The third-order valence-electron chi connectivity index (χ3n) is 11.8. The van der Waals surface area contributed by atoms with E-state index in [2.05, 4.69) is 20.8 Å². The van der Waals surface area contributed by atoms with E-state index in [1.807, 2.05) is 0 Å². The van der Waals surface area contributed by atoms with Gasteiger partial charge in [0.2, 0.25) is 0 Å². The molecule has 5 rings (SSSR count). The van der Waals surface area contributed by atoms with Crippen LogP contribution in [0.25, 0.3) is 0 Å². The maximum absolute atomic E-state index is 11.2. The van der Waals surface area contributed by atoms with Gasteiger partial charge in [0.05, 0.1) is 31.0 Å². The first-order valence-electron chi connectivity index (χ1n) is 15.6. The summed E-state index contributed by atoms with van der Waals surface area (Å²) >= 11 is 0. The second-order valence-electron chi connectivity index (χ2n) is 14.0. The lowest BCUT2D eigenvalue weighted by Gasteiger charge is -2.50. The van der Waals surface area contributed by atoms with Gasteiger partial charge in [-0.2, -0.15) is 0 Å². The Morgan fingerprint density at radius 3 is 2.12 bits per heavy atom. The monoisotopic (exact) mass is 572 g/mol. The molecule has 40 heavy (non-hydrogen) atoms. The third-order valence-corrected chi connectivity index (χ3v) is 11.8. The lowest BCUT2D eigenvalue weighted by molar-refractivity contribution is -0.323. The zero-order valence-corrected chi connectivity index (χ0v) is 24.2. The van der Waals surface area contributed by atoms with Crippen molar-refractivity contribution in [2.45, 2.75) is 139 Å². The van der Waals surface area contributed by atoms with Gasteiger partial charge in [0.1, 0.15) is 36.6 Å². The van der Waals surface area contributed by atoms with E-state index in [4.69, 9.17) is 14.2 Å². The smallest absolute Gasteiger partial charge is 0.164 e. The Hall–Kier alpha value is -0.400. The summed E-state index contributed by atoms with van der Waals surface area (Å²) in [5, 5.41) is 72.7. The van der Waals surface area contributed by atoms with Crippen LogP contribution >= 0.6 is 0 Å². The molecular formula is C30H52O10. The molecule has 0 bridgehead atoms. The minimum Gasteiger partial charge on any atom is -0.394 e. The van der Waals surface area contributed by atoms with E-state index in [-0.39, 0.29) is 11.8 Å². The maximum Gasteiger partial charge on any atom is 0.164 e.